The molecule has 25 heavy (non-hydrogen) atoms. The molecule has 0 radical (unpaired) electrons. The van der Waals surface area contributed by atoms with Gasteiger partial charge in [0.2, 0.25) is 0 Å². The topological polar surface area (TPSA) is 68.5 Å². The zero-order valence-electron chi connectivity index (χ0n) is 13.8. The van der Waals surface area contributed by atoms with Crippen molar-refractivity contribution >= 4 is 10.9 Å². The lowest BCUT2D eigenvalue weighted by Gasteiger charge is -2.10. The highest BCUT2D eigenvalue weighted by Gasteiger charge is 2.15. The lowest BCUT2D eigenvalue weighted by Crippen LogP contribution is -2.20. The third kappa shape index (κ3) is 2.34. The summed E-state index contributed by atoms with van der Waals surface area (Å²) in [4.78, 5) is 13.0. The molecule has 0 saturated heterocycles. The summed E-state index contributed by atoms with van der Waals surface area (Å²) in [5.41, 5.74) is 3.70. The molecule has 0 unspecified atom stereocenters. The Morgan fingerprint density at radius 3 is 2.48 bits per heavy atom. The summed E-state index contributed by atoms with van der Waals surface area (Å²) in [5.74, 6) is 0. The zero-order chi connectivity index (χ0) is 17.6. The molecule has 3 aromatic heterocycles. The van der Waals surface area contributed by atoms with Crippen molar-refractivity contribution in [3.05, 3.63) is 71.0 Å². The van der Waals surface area contributed by atoms with Crippen molar-refractivity contribution in [3.63, 3.8) is 0 Å². The van der Waals surface area contributed by atoms with Gasteiger partial charge in [0.15, 0.2) is 0 Å². The van der Waals surface area contributed by atoms with E-state index in [1.807, 2.05) is 43.3 Å². The summed E-state index contributed by atoms with van der Waals surface area (Å²) in [6, 6.07) is 11.0. The minimum Gasteiger partial charge on any atom is -0.346 e. The predicted molar refractivity (Wildman–Crippen MR) is 95.4 cm³/mol. The minimum absolute atomic E-state index is 0.0974. The van der Waals surface area contributed by atoms with Gasteiger partial charge in [0.05, 0.1) is 17.8 Å². The first kappa shape index (κ1) is 15.0. The van der Waals surface area contributed by atoms with E-state index in [1.54, 1.807) is 39.7 Å². The number of aromatic nitrogens is 4. The van der Waals surface area contributed by atoms with Crippen molar-refractivity contribution < 1.29 is 0 Å². The molecule has 6 nitrogen and oxygen atoms in total. The SMILES string of the molecule is Cn1cc(-c2cn(-c3ccc(C#N)cc3)c(=O)c3c2ccn3C)cn1. The van der Waals surface area contributed by atoms with Crippen LogP contribution in [0, 0.1) is 11.3 Å². The van der Waals surface area contributed by atoms with Gasteiger partial charge in [-0.2, -0.15) is 10.4 Å². The fourth-order valence-electron chi connectivity index (χ4n) is 3.06. The highest BCUT2D eigenvalue weighted by Crippen LogP contribution is 2.27. The summed E-state index contributed by atoms with van der Waals surface area (Å²) in [5, 5.41) is 14.1. The van der Waals surface area contributed by atoms with E-state index < -0.39 is 0 Å². The molecule has 0 atom stereocenters. The Hall–Kier alpha value is -3.59. The fraction of sp³-hybridized carbons (Fsp3) is 0.105. The van der Waals surface area contributed by atoms with E-state index in [1.165, 1.54) is 0 Å². The zero-order valence-corrected chi connectivity index (χ0v) is 13.8. The number of pyridine rings is 1. The highest BCUT2D eigenvalue weighted by atomic mass is 16.1. The Bertz CT molecular complexity index is 1190. The van der Waals surface area contributed by atoms with Crippen LogP contribution in [0.15, 0.2) is 59.9 Å². The van der Waals surface area contributed by atoms with E-state index in [9.17, 15) is 4.79 Å². The predicted octanol–water partition coefficient (Wildman–Crippen LogP) is 2.60. The van der Waals surface area contributed by atoms with Gasteiger partial charge >= 0.3 is 0 Å². The molecule has 1 aromatic carbocycles. The van der Waals surface area contributed by atoms with Crippen LogP contribution >= 0.6 is 0 Å². The fourth-order valence-corrected chi connectivity index (χ4v) is 3.06. The van der Waals surface area contributed by atoms with Gasteiger partial charge in [0.1, 0.15) is 5.52 Å². The molecule has 0 aliphatic rings. The lowest BCUT2D eigenvalue weighted by molar-refractivity contribution is 0.768. The van der Waals surface area contributed by atoms with Crippen LogP contribution in [0.5, 0.6) is 0 Å². The minimum atomic E-state index is -0.0974. The highest BCUT2D eigenvalue weighted by molar-refractivity contribution is 5.94. The maximum atomic E-state index is 13.0. The number of nitrogens with zero attached hydrogens (tertiary/aromatic N) is 5. The van der Waals surface area contributed by atoms with Gasteiger partial charge in [-0.05, 0) is 30.3 Å². The molecule has 122 valence electrons. The molecule has 0 aliphatic heterocycles. The first-order valence-corrected chi connectivity index (χ1v) is 7.79. The second kappa shape index (κ2) is 5.49. The summed E-state index contributed by atoms with van der Waals surface area (Å²) in [6.07, 6.45) is 7.43. The smallest absolute Gasteiger partial charge is 0.279 e. The van der Waals surface area contributed by atoms with Crippen LogP contribution in [0.25, 0.3) is 27.7 Å². The number of aryl methyl sites for hydroxylation is 2. The molecule has 0 fully saturated rings. The largest absolute Gasteiger partial charge is 0.346 e. The van der Waals surface area contributed by atoms with Gasteiger partial charge < -0.3 is 4.57 Å². The van der Waals surface area contributed by atoms with E-state index in [2.05, 4.69) is 11.2 Å². The number of hydrogen-bond donors (Lipinski definition) is 0. The van der Waals surface area contributed by atoms with E-state index >= 15 is 0 Å². The molecular weight excluding hydrogens is 314 g/mol. The van der Waals surface area contributed by atoms with Gasteiger partial charge in [-0.3, -0.25) is 14.0 Å². The van der Waals surface area contributed by atoms with Gasteiger partial charge in [0.25, 0.3) is 5.56 Å². The van der Waals surface area contributed by atoms with Crippen molar-refractivity contribution in [1.82, 2.24) is 18.9 Å². The third-order valence-corrected chi connectivity index (χ3v) is 4.33. The van der Waals surface area contributed by atoms with Crippen molar-refractivity contribution in [1.29, 1.82) is 5.26 Å². The Morgan fingerprint density at radius 2 is 1.84 bits per heavy atom. The quantitative estimate of drug-likeness (QED) is 0.568. The molecule has 0 aliphatic carbocycles. The van der Waals surface area contributed by atoms with Crippen molar-refractivity contribution in [2.75, 3.05) is 0 Å². The third-order valence-electron chi connectivity index (χ3n) is 4.33. The molecule has 3 heterocycles. The monoisotopic (exact) mass is 329 g/mol. The summed E-state index contributed by atoms with van der Waals surface area (Å²) in [6.45, 7) is 0. The summed E-state index contributed by atoms with van der Waals surface area (Å²) < 4.78 is 5.19. The van der Waals surface area contributed by atoms with Crippen molar-refractivity contribution in [2.45, 2.75) is 0 Å². The lowest BCUT2D eigenvalue weighted by atomic mass is 10.1. The van der Waals surface area contributed by atoms with Gasteiger partial charge in [0, 0.05) is 54.9 Å². The van der Waals surface area contributed by atoms with Crippen LogP contribution < -0.4 is 5.56 Å². The van der Waals surface area contributed by atoms with Gasteiger partial charge in [-0.1, -0.05) is 0 Å². The average Bonchev–Trinajstić information content (AvgIpc) is 3.22. The Kier molecular flexibility index (Phi) is 3.29. The van der Waals surface area contributed by atoms with E-state index in [-0.39, 0.29) is 5.56 Å². The van der Waals surface area contributed by atoms with E-state index in [0.29, 0.717) is 11.1 Å². The van der Waals surface area contributed by atoms with Gasteiger partial charge in [-0.15, -0.1) is 0 Å². The molecule has 0 spiro atoms. The maximum absolute atomic E-state index is 13.0. The maximum Gasteiger partial charge on any atom is 0.279 e. The Morgan fingerprint density at radius 1 is 1.08 bits per heavy atom. The molecular formula is C19H15N5O. The van der Waals surface area contributed by atoms with Crippen molar-refractivity contribution in [2.24, 2.45) is 14.1 Å². The van der Waals surface area contributed by atoms with Gasteiger partial charge in [-0.25, -0.2) is 0 Å². The number of nitriles is 1. The summed E-state index contributed by atoms with van der Waals surface area (Å²) in [7, 11) is 3.72. The second-order valence-electron chi connectivity index (χ2n) is 5.97. The van der Waals surface area contributed by atoms with Crippen molar-refractivity contribution in [3.8, 4) is 22.9 Å². The molecule has 4 aromatic rings. The van der Waals surface area contributed by atoms with Crippen LogP contribution in [-0.2, 0) is 14.1 Å². The van der Waals surface area contributed by atoms with Crippen LogP contribution in [0.2, 0.25) is 0 Å². The normalized spacial score (nSPS) is 10.9. The second-order valence-corrected chi connectivity index (χ2v) is 5.97. The number of rotatable bonds is 2. The molecule has 0 amide bonds. The van der Waals surface area contributed by atoms with E-state index in [4.69, 9.17) is 5.26 Å². The Labute approximate surface area is 143 Å². The first-order chi connectivity index (χ1) is 12.1. The molecule has 4 rings (SSSR count). The van der Waals surface area contributed by atoms with Crippen LogP contribution in [-0.4, -0.2) is 18.9 Å². The first-order valence-electron chi connectivity index (χ1n) is 7.79. The number of benzene rings is 1. The molecule has 0 bridgehead atoms. The van der Waals surface area contributed by atoms with Crippen LogP contribution in [0.3, 0.4) is 0 Å². The molecule has 0 N–H and O–H groups in total. The summed E-state index contributed by atoms with van der Waals surface area (Å²) >= 11 is 0. The molecule has 0 saturated carbocycles. The molecule has 6 heteroatoms. The van der Waals surface area contributed by atoms with Crippen LogP contribution in [0.1, 0.15) is 5.56 Å². The Balaban J connectivity index is 2.04. The average molecular weight is 329 g/mol. The van der Waals surface area contributed by atoms with Crippen LogP contribution in [0.4, 0.5) is 0 Å². The van der Waals surface area contributed by atoms with E-state index in [0.717, 1.165) is 22.2 Å². The number of hydrogen-bond acceptors (Lipinski definition) is 3. The number of fused-ring (bicyclic) bond motifs is 1. The standard InChI is InChI=1S/C19H15N5O/c1-22-8-7-16-17(14-10-21-23(2)11-14)12-24(19(25)18(16)22)15-5-3-13(9-20)4-6-15/h3-8,10-12H,1-2H3.